The Morgan fingerprint density at radius 3 is 2.67 bits per heavy atom. The minimum Gasteiger partial charge on any atom is -0.487 e. The first-order valence-electron chi connectivity index (χ1n) is 13.5. The first-order valence-corrected chi connectivity index (χ1v) is 15.1. The summed E-state index contributed by atoms with van der Waals surface area (Å²) in [7, 11) is -1.82. The van der Waals surface area contributed by atoms with Crippen molar-refractivity contribution in [3.63, 3.8) is 0 Å². The third-order valence-electron chi connectivity index (χ3n) is 8.00. The number of nitrogens with one attached hydrogen (secondary N) is 2. The molecule has 0 bridgehead atoms. The van der Waals surface area contributed by atoms with Crippen molar-refractivity contribution in [1.82, 2.24) is 15.0 Å². The number of nitrogens with zero attached hydrogens (tertiary/aromatic N) is 1. The van der Waals surface area contributed by atoms with Crippen LogP contribution < -0.4 is 9.47 Å². The van der Waals surface area contributed by atoms with Crippen molar-refractivity contribution in [3.05, 3.63) is 89.1 Å². The summed E-state index contributed by atoms with van der Waals surface area (Å²) in [5, 5.41) is 9.25. The van der Waals surface area contributed by atoms with Crippen LogP contribution in [0.25, 0.3) is 22.3 Å². The van der Waals surface area contributed by atoms with Crippen LogP contribution in [0.5, 0.6) is 17.2 Å². The number of carboxylic acid groups (broad SMARTS) is 1. The Balaban J connectivity index is 1.40. The van der Waals surface area contributed by atoms with E-state index in [2.05, 4.69) is 15.0 Å². The summed E-state index contributed by atoms with van der Waals surface area (Å²) in [6.45, 7) is 0.282. The molecule has 0 spiro atoms. The second-order valence-corrected chi connectivity index (χ2v) is 12.0. The highest BCUT2D eigenvalue weighted by Crippen LogP contribution is 2.52. The standard InChI is InChI=1S/C31H24F5N3O5S/c1-30(19-5-3-4-15(6-9-22(40)41)26(19)43-14-31(30,35)36)21-13-38-29(39-21)18-12-16(7-8-20(18)32)44-27-24(34)23(33)25-17(10-11-37-25)28(27)45(2)42/h3-5,7-8,10-13,37H,6,9,14H2,1-2H3,(H,38,39)(H,40,41)/t30-,45?/m1/s1. The molecule has 0 radical (unpaired) electrons. The van der Waals surface area contributed by atoms with Gasteiger partial charge in [0.25, 0.3) is 5.92 Å². The predicted molar refractivity (Wildman–Crippen MR) is 154 cm³/mol. The first-order chi connectivity index (χ1) is 21.3. The van der Waals surface area contributed by atoms with Gasteiger partial charge >= 0.3 is 5.97 Å². The number of carboxylic acids is 1. The van der Waals surface area contributed by atoms with Crippen molar-refractivity contribution in [1.29, 1.82) is 0 Å². The summed E-state index contributed by atoms with van der Waals surface area (Å²) >= 11 is 0. The number of para-hydroxylation sites is 1. The molecule has 45 heavy (non-hydrogen) atoms. The van der Waals surface area contributed by atoms with Crippen molar-refractivity contribution in [3.8, 4) is 28.6 Å². The van der Waals surface area contributed by atoms with Crippen LogP contribution in [-0.2, 0) is 27.4 Å². The molecule has 0 saturated heterocycles. The molecule has 0 saturated carbocycles. The minimum absolute atomic E-state index is 0.0568. The van der Waals surface area contributed by atoms with Gasteiger partial charge in [-0.25, -0.2) is 22.5 Å². The van der Waals surface area contributed by atoms with Crippen molar-refractivity contribution in [2.75, 3.05) is 12.9 Å². The van der Waals surface area contributed by atoms with Gasteiger partial charge in [-0.15, -0.1) is 0 Å². The Morgan fingerprint density at radius 2 is 1.93 bits per heavy atom. The molecule has 6 rings (SSSR count). The van der Waals surface area contributed by atoms with Gasteiger partial charge in [-0.05, 0) is 43.2 Å². The molecule has 2 atom stereocenters. The maximum atomic E-state index is 15.7. The van der Waals surface area contributed by atoms with Crippen LogP contribution in [0.4, 0.5) is 22.0 Å². The van der Waals surface area contributed by atoms with Crippen LogP contribution in [0.3, 0.4) is 0 Å². The number of aromatic nitrogens is 3. The van der Waals surface area contributed by atoms with E-state index in [1.54, 1.807) is 6.07 Å². The van der Waals surface area contributed by atoms with Crippen molar-refractivity contribution >= 4 is 27.7 Å². The Kier molecular flexibility index (Phi) is 7.42. The maximum Gasteiger partial charge on any atom is 0.303 e. The summed E-state index contributed by atoms with van der Waals surface area (Å²) in [6.07, 6.45) is 3.59. The fourth-order valence-electron chi connectivity index (χ4n) is 5.56. The summed E-state index contributed by atoms with van der Waals surface area (Å²) in [5.41, 5.74) is -2.00. The van der Waals surface area contributed by atoms with Gasteiger partial charge in [0.2, 0.25) is 5.82 Å². The van der Waals surface area contributed by atoms with Crippen molar-refractivity contribution < 1.29 is 45.5 Å². The number of hydrogen-bond donors (Lipinski definition) is 3. The van der Waals surface area contributed by atoms with E-state index in [4.69, 9.17) is 14.6 Å². The van der Waals surface area contributed by atoms with E-state index in [-0.39, 0.29) is 62.8 Å². The van der Waals surface area contributed by atoms with E-state index in [0.29, 0.717) is 5.56 Å². The topological polar surface area (TPSA) is 117 Å². The number of halogens is 5. The zero-order valence-electron chi connectivity index (χ0n) is 23.6. The smallest absolute Gasteiger partial charge is 0.303 e. The highest BCUT2D eigenvalue weighted by molar-refractivity contribution is 7.84. The normalized spacial score (nSPS) is 17.9. The van der Waals surface area contributed by atoms with Gasteiger partial charge in [-0.3, -0.25) is 9.00 Å². The number of benzene rings is 3. The minimum atomic E-state index is -3.47. The van der Waals surface area contributed by atoms with E-state index in [1.165, 1.54) is 37.6 Å². The molecule has 3 N–H and O–H groups in total. The second kappa shape index (κ2) is 11.0. The highest BCUT2D eigenvalue weighted by atomic mass is 32.2. The number of aryl methyl sites for hydroxylation is 1. The fourth-order valence-corrected chi connectivity index (χ4v) is 6.43. The van der Waals surface area contributed by atoms with Crippen LogP contribution >= 0.6 is 0 Å². The maximum absolute atomic E-state index is 15.7. The van der Waals surface area contributed by atoms with E-state index in [9.17, 15) is 13.4 Å². The van der Waals surface area contributed by atoms with Gasteiger partial charge in [0.15, 0.2) is 18.2 Å². The van der Waals surface area contributed by atoms with Gasteiger partial charge in [-0.1, -0.05) is 18.2 Å². The molecular formula is C31H24F5N3O5S. The van der Waals surface area contributed by atoms with Gasteiger partial charge in [0.05, 0.1) is 32.5 Å². The number of aliphatic carboxylic acids is 1. The first kappa shape index (κ1) is 30.3. The van der Waals surface area contributed by atoms with Crippen LogP contribution in [0.15, 0.2) is 59.8 Å². The molecule has 14 heteroatoms. The molecule has 5 aromatic rings. The average Bonchev–Trinajstić information content (AvgIpc) is 3.68. The quantitative estimate of drug-likeness (QED) is 0.159. The Morgan fingerprint density at radius 1 is 1.16 bits per heavy atom. The molecule has 3 aromatic carbocycles. The summed E-state index contributed by atoms with van der Waals surface area (Å²) in [4.78, 5) is 20.5. The number of ether oxygens (including phenoxy) is 2. The van der Waals surface area contributed by atoms with E-state index in [0.717, 1.165) is 24.4 Å². The molecule has 1 unspecified atom stereocenters. The monoisotopic (exact) mass is 645 g/mol. The molecule has 234 valence electrons. The van der Waals surface area contributed by atoms with Gasteiger partial charge < -0.3 is 24.5 Å². The highest BCUT2D eigenvalue weighted by Gasteiger charge is 2.58. The third-order valence-corrected chi connectivity index (χ3v) is 8.98. The van der Waals surface area contributed by atoms with Crippen LogP contribution in [0, 0.1) is 17.5 Å². The fraction of sp³-hybridized carbons (Fsp3) is 0.226. The second-order valence-electron chi connectivity index (χ2n) is 10.7. The SMILES string of the molecule is CS(=O)c1c(Oc2ccc(F)c(-c3ncc([C@@]4(C)c5cccc(CCC(=O)O)c5OCC4(F)F)[nH]3)c2)c(F)c(F)c2[nH]ccc12. The molecule has 8 nitrogen and oxygen atoms in total. The van der Waals surface area contributed by atoms with Crippen LogP contribution in [-0.4, -0.2) is 49.0 Å². The van der Waals surface area contributed by atoms with Crippen molar-refractivity contribution in [2.45, 2.75) is 36.0 Å². The molecule has 3 heterocycles. The molecular weight excluding hydrogens is 621 g/mol. The van der Waals surface area contributed by atoms with E-state index in [1.807, 2.05) is 0 Å². The van der Waals surface area contributed by atoms with Crippen LogP contribution in [0.1, 0.15) is 30.2 Å². The number of aromatic amines is 2. The van der Waals surface area contributed by atoms with Gasteiger partial charge in [0.1, 0.15) is 28.6 Å². The summed E-state index contributed by atoms with van der Waals surface area (Å²) in [5.74, 6) is -8.84. The van der Waals surface area contributed by atoms with Gasteiger partial charge in [-0.2, -0.15) is 4.39 Å². The van der Waals surface area contributed by atoms with Gasteiger partial charge in [0, 0.05) is 36.0 Å². The Bertz CT molecular complexity index is 2010. The number of alkyl halides is 2. The third kappa shape index (κ3) is 4.93. The van der Waals surface area contributed by atoms with E-state index < -0.39 is 57.9 Å². The Labute approximate surface area is 254 Å². The molecule has 0 amide bonds. The number of rotatable bonds is 8. The zero-order valence-corrected chi connectivity index (χ0v) is 24.5. The zero-order chi connectivity index (χ0) is 32.3. The lowest BCUT2D eigenvalue weighted by molar-refractivity contribution is -0.137. The lowest BCUT2D eigenvalue weighted by Gasteiger charge is -2.42. The van der Waals surface area contributed by atoms with Crippen LogP contribution in [0.2, 0.25) is 0 Å². The number of fused-ring (bicyclic) bond motifs is 2. The number of carbonyl (C=O) groups is 1. The average molecular weight is 646 g/mol. The molecule has 0 fully saturated rings. The lowest BCUT2D eigenvalue weighted by Crippen LogP contribution is -2.51. The number of hydrogen-bond acceptors (Lipinski definition) is 5. The largest absolute Gasteiger partial charge is 0.487 e. The van der Waals surface area contributed by atoms with E-state index >= 15 is 17.6 Å². The molecule has 1 aliphatic heterocycles. The number of imidazole rings is 1. The predicted octanol–water partition coefficient (Wildman–Crippen LogP) is 6.86. The number of H-pyrrole nitrogens is 2. The summed E-state index contributed by atoms with van der Waals surface area (Å²) in [6, 6.07) is 9.25. The summed E-state index contributed by atoms with van der Waals surface area (Å²) < 4.78 is 100.0. The molecule has 1 aliphatic rings. The molecule has 0 aliphatic carbocycles. The molecule has 2 aromatic heterocycles. The Hall–Kier alpha value is -4.72. The van der Waals surface area contributed by atoms with Crippen molar-refractivity contribution in [2.24, 2.45) is 0 Å². The lowest BCUT2D eigenvalue weighted by atomic mass is 9.72.